The summed E-state index contributed by atoms with van der Waals surface area (Å²) in [6, 6.07) is 0. The number of ether oxygens (including phenoxy) is 6. The van der Waals surface area contributed by atoms with Crippen LogP contribution in [0.5, 0.6) is 0 Å². The van der Waals surface area contributed by atoms with Crippen LogP contribution in [-0.2, 0) is 28.4 Å². The summed E-state index contributed by atoms with van der Waals surface area (Å²) in [4.78, 5) is 86.4. The smallest absolute Gasteiger partial charge is 1.00 e. The Balaban J connectivity index is -0.0000000101. The second kappa shape index (κ2) is 48.3. The molecule has 0 aliphatic carbocycles. The Morgan fingerprint density at radius 1 is 0.342 bits per heavy atom. The Morgan fingerprint density at radius 2 is 0.421 bits per heavy atom. The molecule has 0 aromatic carbocycles. The van der Waals surface area contributed by atoms with Gasteiger partial charge in [0.15, 0.2) is 0 Å². The van der Waals surface area contributed by atoms with E-state index in [1.54, 1.807) is 0 Å². The third-order valence-corrected chi connectivity index (χ3v) is 1.02. The molecule has 0 unspecified atom stereocenters. The van der Waals surface area contributed by atoms with E-state index in [0.717, 1.165) is 0 Å². The van der Waals surface area contributed by atoms with Gasteiger partial charge >= 0.3 is 352 Å². The van der Waals surface area contributed by atoms with Crippen LogP contribution >= 0.6 is 0 Å². The minimum absolute atomic E-state index is 0. The molecule has 0 saturated heterocycles. The summed E-state index contributed by atoms with van der Waals surface area (Å²) in [6.07, 6.45) is -16.9. The molecule has 38 heavy (non-hydrogen) atoms. The van der Waals surface area contributed by atoms with Crippen molar-refractivity contribution in [3.05, 3.63) is 0 Å². The van der Waals surface area contributed by atoms with Crippen molar-refractivity contribution >= 4 is 131 Å². The number of hydrogen-bond acceptors (Lipinski definition) is 15. The third-order valence-electron chi connectivity index (χ3n) is 1.02. The first-order chi connectivity index (χ1) is 13.6. The maximum atomic E-state index is 9.86. The van der Waals surface area contributed by atoms with E-state index in [4.69, 9.17) is 30.6 Å². The maximum absolute atomic E-state index is 9.86. The van der Waals surface area contributed by atoms with E-state index in [0.29, 0.717) is 0 Å². The molecule has 188 valence electrons. The van der Waals surface area contributed by atoms with E-state index in [1.165, 1.54) is 0 Å². The van der Waals surface area contributed by atoms with Crippen LogP contribution in [-0.4, -0.2) is 162 Å². The molecule has 0 saturated carbocycles. The standard InChI is InChI=1S/3C3H2O7.2Ca.2K.4Na.10H/c3*4-1(5)9-3(8)10-2(6)7;;;;;;;;;;;;;;;;;;/h3*(H,4,5)(H,6,7);;;;;;;;;;;;;;;;;;/q;;;2*+2;6*+1;10*-1. The van der Waals surface area contributed by atoms with Crippen LogP contribution in [0.15, 0.2) is 0 Å². The molecule has 0 bridgehead atoms. The number of carbonyl (C=O) groups is 9. The van der Waals surface area contributed by atoms with Gasteiger partial charge in [-0.25, -0.2) is 43.2 Å². The molecule has 0 spiro atoms. The molecule has 0 aromatic rings. The fourth-order valence-electron chi connectivity index (χ4n) is 0.490. The SMILES string of the molecule is O=C(O)OC(=O)OC(=O)O.O=C(O)OC(=O)OC(=O)O.O=C(O)OC(=O)OC(=O)O.[Ca+2].[Ca+2].[H-].[H-].[H-].[H-].[H-].[H-].[H-].[H-].[H-].[H-].[K+].[K+].[Na+].[Na+].[Na+].[Na+]. The van der Waals surface area contributed by atoms with Gasteiger partial charge in [-0.05, 0) is 0 Å². The van der Waals surface area contributed by atoms with Crippen molar-refractivity contribution in [2.45, 2.75) is 0 Å². The average Bonchev–Trinajstić information content (AvgIpc) is 2.42. The first-order valence-corrected chi connectivity index (χ1v) is 5.63. The Kier molecular flexibility index (Phi) is 93.8. The Hall–Kier alpha value is 4.42. The van der Waals surface area contributed by atoms with Crippen molar-refractivity contribution in [1.82, 2.24) is 0 Å². The van der Waals surface area contributed by atoms with Crippen LogP contribution < -0.4 is 221 Å². The fourth-order valence-corrected chi connectivity index (χ4v) is 0.490. The van der Waals surface area contributed by atoms with Crippen molar-refractivity contribution < 1.29 is 337 Å². The molecule has 0 radical (unpaired) electrons. The molecule has 21 nitrogen and oxygen atoms in total. The van der Waals surface area contributed by atoms with Gasteiger partial charge in [-0.15, -0.1) is 0 Å². The summed E-state index contributed by atoms with van der Waals surface area (Å²) in [5, 5.41) is 46.1. The van der Waals surface area contributed by atoms with Gasteiger partial charge in [0.05, 0.1) is 0 Å². The van der Waals surface area contributed by atoms with Gasteiger partial charge in [0.1, 0.15) is 0 Å². The molecule has 0 heterocycles. The van der Waals surface area contributed by atoms with Gasteiger partial charge < -0.3 is 73.3 Å². The van der Waals surface area contributed by atoms with Crippen molar-refractivity contribution in [1.29, 1.82) is 0 Å². The normalized spacial score (nSPS) is 6.32. The van der Waals surface area contributed by atoms with E-state index in [-0.39, 0.29) is 311 Å². The molecule has 0 fully saturated rings. The van der Waals surface area contributed by atoms with Gasteiger partial charge in [0, 0.05) is 0 Å². The van der Waals surface area contributed by atoms with Crippen molar-refractivity contribution in [2.24, 2.45) is 0 Å². The zero-order valence-corrected chi connectivity index (χ0v) is 39.4. The van der Waals surface area contributed by atoms with Crippen molar-refractivity contribution in [3.8, 4) is 0 Å². The second-order valence-corrected chi connectivity index (χ2v) is 2.96. The van der Waals surface area contributed by atoms with Crippen molar-refractivity contribution in [3.63, 3.8) is 0 Å². The summed E-state index contributed by atoms with van der Waals surface area (Å²) >= 11 is 0. The predicted molar refractivity (Wildman–Crippen MR) is 93.5 cm³/mol. The van der Waals surface area contributed by atoms with E-state index in [2.05, 4.69) is 28.4 Å². The first-order valence-electron chi connectivity index (χ1n) is 5.63. The monoisotopic (exact) mass is 710 g/mol. The van der Waals surface area contributed by atoms with Gasteiger partial charge in [-0.3, -0.25) is 0 Å². The molecule has 0 aliphatic heterocycles. The molecular weight excluding hydrogens is 694 g/mol. The third kappa shape index (κ3) is 77.8. The van der Waals surface area contributed by atoms with Gasteiger partial charge in [0.2, 0.25) is 0 Å². The molecule has 0 amide bonds. The summed E-state index contributed by atoms with van der Waals surface area (Å²) in [5.41, 5.74) is 0. The topological polar surface area (TPSA) is 330 Å². The summed E-state index contributed by atoms with van der Waals surface area (Å²) in [6.45, 7) is 0. The second-order valence-electron chi connectivity index (χ2n) is 2.96. The van der Waals surface area contributed by atoms with Gasteiger partial charge in [-0.2, -0.15) is 0 Å². The van der Waals surface area contributed by atoms with Crippen LogP contribution in [0.2, 0.25) is 0 Å². The molecule has 6 N–H and O–H groups in total. The van der Waals surface area contributed by atoms with E-state index >= 15 is 0 Å². The Morgan fingerprint density at radius 3 is 0.474 bits per heavy atom. The number of carbonyl (C=O) groups excluding carboxylic acids is 3. The number of rotatable bonds is 0. The van der Waals surface area contributed by atoms with Crippen LogP contribution in [0.3, 0.4) is 0 Å². The minimum atomic E-state index is -1.92. The molecular formula is C9H16Ca2K2Na4O21. The predicted octanol–water partition coefficient (Wildman–Crippen LogP) is -16.1. The van der Waals surface area contributed by atoms with E-state index < -0.39 is 55.4 Å². The zero-order chi connectivity index (χ0) is 24.4. The average molecular weight is 711 g/mol. The molecule has 0 rings (SSSR count). The van der Waals surface area contributed by atoms with Crippen LogP contribution in [0.25, 0.3) is 0 Å². The van der Waals surface area contributed by atoms with Crippen LogP contribution in [0, 0.1) is 0 Å². The fraction of sp³-hybridized carbons (Fsp3) is 0. The number of hydrogen-bond donors (Lipinski definition) is 6. The maximum Gasteiger partial charge on any atom is 2.00 e. The van der Waals surface area contributed by atoms with Gasteiger partial charge in [-0.1, -0.05) is 0 Å². The Labute approximate surface area is 457 Å². The zero-order valence-electron chi connectivity index (χ0n) is 30.7. The van der Waals surface area contributed by atoms with Crippen LogP contribution in [0.4, 0.5) is 43.2 Å². The summed E-state index contributed by atoms with van der Waals surface area (Å²) < 4.78 is 19.4. The molecule has 0 atom stereocenters. The summed E-state index contributed by atoms with van der Waals surface area (Å²) in [7, 11) is 0. The summed E-state index contributed by atoms with van der Waals surface area (Å²) in [5.74, 6) is 0. The van der Waals surface area contributed by atoms with Crippen LogP contribution in [0.1, 0.15) is 14.3 Å². The van der Waals surface area contributed by atoms with Crippen molar-refractivity contribution in [2.75, 3.05) is 0 Å². The molecule has 0 aromatic heterocycles. The minimum Gasteiger partial charge on any atom is -1.00 e. The van der Waals surface area contributed by atoms with E-state index in [1.807, 2.05) is 0 Å². The largest absolute Gasteiger partial charge is 2.00 e. The molecule has 0 aliphatic rings. The number of carboxylic acid groups (broad SMARTS) is 6. The van der Waals surface area contributed by atoms with E-state index in [9.17, 15) is 43.2 Å². The Bertz CT molecular complexity index is 626. The first kappa shape index (κ1) is 73.7. The quantitative estimate of drug-likeness (QED) is 0.0588. The van der Waals surface area contributed by atoms with Gasteiger partial charge in [0.25, 0.3) is 0 Å². The molecule has 29 heteroatoms.